The van der Waals surface area contributed by atoms with E-state index in [4.69, 9.17) is 4.74 Å². The molecule has 1 saturated heterocycles. The normalized spacial score (nSPS) is 19.2. The van der Waals surface area contributed by atoms with E-state index in [0.29, 0.717) is 12.0 Å². The van der Waals surface area contributed by atoms with E-state index in [-0.39, 0.29) is 0 Å². The summed E-state index contributed by atoms with van der Waals surface area (Å²) in [6.07, 6.45) is 6.58. The van der Waals surface area contributed by atoms with Crippen LogP contribution in [-0.2, 0) is 11.3 Å². The zero-order valence-electron chi connectivity index (χ0n) is 11.8. The van der Waals surface area contributed by atoms with E-state index in [1.54, 1.807) is 11.8 Å². The van der Waals surface area contributed by atoms with Crippen molar-refractivity contribution in [2.75, 3.05) is 18.9 Å². The summed E-state index contributed by atoms with van der Waals surface area (Å²) in [6.45, 7) is 7.18. The molecule has 0 aliphatic carbocycles. The van der Waals surface area contributed by atoms with Crippen molar-refractivity contribution in [3.8, 4) is 0 Å². The third kappa shape index (κ3) is 5.47. The first-order valence-electron chi connectivity index (χ1n) is 7.00. The average Bonchev–Trinajstić information content (AvgIpc) is 2.90. The van der Waals surface area contributed by atoms with Crippen molar-refractivity contribution in [1.82, 2.24) is 15.3 Å². The lowest BCUT2D eigenvalue weighted by Crippen LogP contribution is -2.19. The summed E-state index contributed by atoms with van der Waals surface area (Å²) in [7, 11) is 0. The van der Waals surface area contributed by atoms with Gasteiger partial charge in [0.05, 0.1) is 6.10 Å². The van der Waals surface area contributed by atoms with Crippen LogP contribution >= 0.6 is 11.8 Å². The Kier molecular flexibility index (Phi) is 6.07. The summed E-state index contributed by atoms with van der Waals surface area (Å²) >= 11 is 1.69. The number of ether oxygens (including phenoxy) is 1. The van der Waals surface area contributed by atoms with Gasteiger partial charge in [0.25, 0.3) is 0 Å². The second-order valence-corrected chi connectivity index (χ2v) is 6.33. The van der Waals surface area contributed by atoms with E-state index in [2.05, 4.69) is 29.1 Å². The molecule has 0 bridgehead atoms. The van der Waals surface area contributed by atoms with Crippen molar-refractivity contribution in [3.05, 3.63) is 18.0 Å². The standard InChI is InChI=1S/C14H23N3OS/c1-11(2)6-15-7-12-8-16-14(17-9-12)19-10-13-4-3-5-18-13/h8-9,11,13,15H,3-7,10H2,1-2H3. The Balaban J connectivity index is 1.71. The van der Waals surface area contributed by atoms with Crippen LogP contribution in [-0.4, -0.2) is 35.0 Å². The summed E-state index contributed by atoms with van der Waals surface area (Å²) < 4.78 is 5.59. The van der Waals surface area contributed by atoms with Crippen molar-refractivity contribution in [2.45, 2.75) is 44.5 Å². The molecule has 19 heavy (non-hydrogen) atoms. The number of thioether (sulfide) groups is 1. The topological polar surface area (TPSA) is 47.0 Å². The molecule has 1 atom stereocenters. The second kappa shape index (κ2) is 7.82. The molecule has 5 heteroatoms. The lowest BCUT2D eigenvalue weighted by molar-refractivity contribution is 0.129. The van der Waals surface area contributed by atoms with E-state index >= 15 is 0 Å². The molecular weight excluding hydrogens is 258 g/mol. The smallest absolute Gasteiger partial charge is 0.187 e. The number of nitrogens with one attached hydrogen (secondary N) is 1. The van der Waals surface area contributed by atoms with E-state index in [9.17, 15) is 0 Å². The SMILES string of the molecule is CC(C)CNCc1cnc(SCC2CCCO2)nc1. The van der Waals surface area contributed by atoms with Crippen LogP contribution in [0, 0.1) is 5.92 Å². The molecule has 1 aliphatic rings. The largest absolute Gasteiger partial charge is 0.377 e. The van der Waals surface area contributed by atoms with Crippen LogP contribution in [0.3, 0.4) is 0 Å². The maximum Gasteiger partial charge on any atom is 0.187 e. The van der Waals surface area contributed by atoms with Gasteiger partial charge in [-0.15, -0.1) is 0 Å². The predicted molar refractivity (Wildman–Crippen MR) is 78.3 cm³/mol. The molecule has 1 aromatic heterocycles. The van der Waals surface area contributed by atoms with Gasteiger partial charge < -0.3 is 10.1 Å². The molecule has 1 aliphatic heterocycles. The molecule has 0 aromatic carbocycles. The Morgan fingerprint density at radius 1 is 1.42 bits per heavy atom. The highest BCUT2D eigenvalue weighted by Gasteiger charge is 2.15. The molecule has 1 aromatic rings. The summed E-state index contributed by atoms with van der Waals surface area (Å²) in [4.78, 5) is 8.79. The minimum absolute atomic E-state index is 0.390. The van der Waals surface area contributed by atoms with Crippen molar-refractivity contribution in [3.63, 3.8) is 0 Å². The molecule has 1 N–H and O–H groups in total. The van der Waals surface area contributed by atoms with Crippen LogP contribution in [0.15, 0.2) is 17.6 Å². The molecule has 0 radical (unpaired) electrons. The number of aromatic nitrogens is 2. The highest BCUT2D eigenvalue weighted by Crippen LogP contribution is 2.20. The lowest BCUT2D eigenvalue weighted by atomic mass is 10.2. The fraction of sp³-hybridized carbons (Fsp3) is 0.714. The van der Waals surface area contributed by atoms with Gasteiger partial charge in [0.2, 0.25) is 0 Å². The molecule has 0 spiro atoms. The average molecular weight is 281 g/mol. The van der Waals surface area contributed by atoms with Gasteiger partial charge in [0.15, 0.2) is 5.16 Å². The molecule has 1 unspecified atom stereocenters. The Bertz CT molecular complexity index is 363. The highest BCUT2D eigenvalue weighted by molar-refractivity contribution is 7.99. The van der Waals surface area contributed by atoms with Crippen LogP contribution in [0.25, 0.3) is 0 Å². The number of hydrogen-bond donors (Lipinski definition) is 1. The van der Waals surface area contributed by atoms with Gasteiger partial charge in [0, 0.05) is 36.9 Å². The summed E-state index contributed by atoms with van der Waals surface area (Å²) in [5.74, 6) is 1.63. The monoisotopic (exact) mass is 281 g/mol. The Hall–Kier alpha value is -0.650. The van der Waals surface area contributed by atoms with Crippen LogP contribution in [0.5, 0.6) is 0 Å². The second-order valence-electron chi connectivity index (χ2n) is 5.34. The minimum Gasteiger partial charge on any atom is -0.377 e. The lowest BCUT2D eigenvalue weighted by Gasteiger charge is -2.08. The fourth-order valence-corrected chi connectivity index (χ4v) is 2.81. The first-order chi connectivity index (χ1) is 9.24. The quantitative estimate of drug-likeness (QED) is 0.614. The molecule has 2 heterocycles. The van der Waals surface area contributed by atoms with E-state index in [1.807, 2.05) is 12.4 Å². The van der Waals surface area contributed by atoms with Gasteiger partial charge in [-0.2, -0.15) is 0 Å². The third-order valence-corrected chi connectivity index (χ3v) is 3.99. The number of rotatable bonds is 7. The predicted octanol–water partition coefficient (Wildman–Crippen LogP) is 2.49. The zero-order chi connectivity index (χ0) is 13.5. The molecule has 4 nitrogen and oxygen atoms in total. The maximum atomic E-state index is 5.59. The Morgan fingerprint density at radius 3 is 2.84 bits per heavy atom. The molecule has 1 fully saturated rings. The molecule has 0 amide bonds. The van der Waals surface area contributed by atoms with E-state index in [1.165, 1.54) is 12.8 Å². The fourth-order valence-electron chi connectivity index (χ4n) is 1.96. The zero-order valence-corrected chi connectivity index (χ0v) is 12.6. The summed E-state index contributed by atoms with van der Waals surface area (Å²) in [5.41, 5.74) is 1.14. The Morgan fingerprint density at radius 2 is 2.21 bits per heavy atom. The van der Waals surface area contributed by atoms with E-state index < -0.39 is 0 Å². The van der Waals surface area contributed by atoms with Gasteiger partial charge in [-0.3, -0.25) is 0 Å². The molecule has 2 rings (SSSR count). The highest BCUT2D eigenvalue weighted by atomic mass is 32.2. The molecular formula is C14H23N3OS. The van der Waals surface area contributed by atoms with Crippen molar-refractivity contribution < 1.29 is 4.74 Å². The van der Waals surface area contributed by atoms with Crippen LogP contribution in [0.4, 0.5) is 0 Å². The molecule has 0 saturated carbocycles. The Labute approximate surface area is 119 Å². The van der Waals surface area contributed by atoms with Crippen molar-refractivity contribution in [1.29, 1.82) is 0 Å². The van der Waals surface area contributed by atoms with Gasteiger partial charge in [-0.25, -0.2) is 9.97 Å². The number of hydrogen-bond acceptors (Lipinski definition) is 5. The van der Waals surface area contributed by atoms with Gasteiger partial charge in [-0.05, 0) is 25.3 Å². The maximum absolute atomic E-state index is 5.59. The minimum atomic E-state index is 0.390. The summed E-state index contributed by atoms with van der Waals surface area (Å²) in [5, 5.41) is 4.24. The first-order valence-corrected chi connectivity index (χ1v) is 7.98. The van der Waals surface area contributed by atoms with E-state index in [0.717, 1.165) is 36.2 Å². The summed E-state index contributed by atoms with van der Waals surface area (Å²) in [6, 6.07) is 0. The van der Waals surface area contributed by atoms with Gasteiger partial charge in [0.1, 0.15) is 0 Å². The van der Waals surface area contributed by atoms with Gasteiger partial charge in [-0.1, -0.05) is 25.6 Å². The van der Waals surface area contributed by atoms with Crippen molar-refractivity contribution in [2.24, 2.45) is 5.92 Å². The van der Waals surface area contributed by atoms with Crippen LogP contribution in [0.1, 0.15) is 32.3 Å². The third-order valence-electron chi connectivity index (χ3n) is 2.99. The molecule has 106 valence electrons. The van der Waals surface area contributed by atoms with Gasteiger partial charge >= 0.3 is 0 Å². The van der Waals surface area contributed by atoms with Crippen molar-refractivity contribution >= 4 is 11.8 Å². The van der Waals surface area contributed by atoms with Crippen LogP contribution in [0.2, 0.25) is 0 Å². The first kappa shape index (κ1) is 14.8. The number of nitrogens with zero attached hydrogens (tertiary/aromatic N) is 2. The van der Waals surface area contributed by atoms with Crippen LogP contribution < -0.4 is 5.32 Å².